The molecule has 0 saturated heterocycles. The van der Waals surface area contributed by atoms with E-state index in [4.69, 9.17) is 20.8 Å². The van der Waals surface area contributed by atoms with E-state index in [1.54, 1.807) is 19.1 Å². The molecule has 0 radical (unpaired) electrons. The molecule has 4 aliphatic rings. The van der Waals surface area contributed by atoms with Crippen LogP contribution in [0.5, 0.6) is 5.75 Å². The highest BCUT2D eigenvalue weighted by Crippen LogP contribution is 2.48. The van der Waals surface area contributed by atoms with Crippen molar-refractivity contribution in [3.8, 4) is 5.75 Å². The van der Waals surface area contributed by atoms with E-state index in [0.717, 1.165) is 55.9 Å². The first-order valence-corrected chi connectivity index (χ1v) is 21.8. The number of rotatable bonds is 2. The van der Waals surface area contributed by atoms with Crippen LogP contribution in [-0.2, 0) is 26.5 Å². The number of anilines is 1. The number of amides is 1. The summed E-state index contributed by atoms with van der Waals surface area (Å²) in [6.45, 7) is 15.2. The second kappa shape index (κ2) is 12.8. The van der Waals surface area contributed by atoms with Gasteiger partial charge >= 0.3 is 10.2 Å². The Bertz CT molecular complexity index is 1660. The van der Waals surface area contributed by atoms with Gasteiger partial charge in [0, 0.05) is 35.1 Å². The van der Waals surface area contributed by atoms with Crippen LogP contribution in [0.2, 0.25) is 23.2 Å². The van der Waals surface area contributed by atoms with Gasteiger partial charge in [-0.3, -0.25) is 4.79 Å². The fourth-order valence-electron chi connectivity index (χ4n) is 7.52. The van der Waals surface area contributed by atoms with Crippen LogP contribution >= 0.6 is 11.6 Å². The fourth-order valence-corrected chi connectivity index (χ4v) is 10.0. The van der Waals surface area contributed by atoms with Crippen LogP contribution in [0.15, 0.2) is 48.6 Å². The highest BCUT2D eigenvalue weighted by Gasteiger charge is 2.46. The third-order valence-electron chi connectivity index (χ3n) is 11.3. The average molecular weight is 700 g/mol. The van der Waals surface area contributed by atoms with Crippen LogP contribution in [0.4, 0.5) is 5.69 Å². The molecular formula is C36H50ClN3O5SSi. The number of nitrogens with zero attached hydrogens (tertiary/aromatic N) is 1. The summed E-state index contributed by atoms with van der Waals surface area (Å²) in [5.41, 5.74) is 3.40. The molecule has 8 nitrogen and oxygen atoms in total. The minimum absolute atomic E-state index is 0.0532. The molecule has 6 rings (SSSR count). The molecule has 1 unspecified atom stereocenters. The lowest BCUT2D eigenvalue weighted by Crippen LogP contribution is -2.52. The third kappa shape index (κ3) is 7.18. The standard InChI is InChI=1S/C36H50ClN3O5SSi/c1-24-9-7-11-32(45-47(5,6)35(2,3)4)29-15-12-27(29)21-40-22-36(18-8-10-25-19-28(37)14-16-30(25)36)23-44-33-17-13-26(20-31(33)40)34(41)39-46(42,43)38-24/h7,11,13-14,16-17,19-20,24,27,29,32,38H,8-10,12,15,18,21-23H2,1-6H3,(H,39,41)/b11-7+/t24-,27-,29+,32?,36-/m0/s1. The molecule has 47 heavy (non-hydrogen) atoms. The van der Waals surface area contributed by atoms with Gasteiger partial charge in [0.2, 0.25) is 0 Å². The van der Waals surface area contributed by atoms with Crippen molar-refractivity contribution in [2.45, 2.75) is 102 Å². The van der Waals surface area contributed by atoms with Crippen molar-refractivity contribution < 1.29 is 22.4 Å². The number of benzene rings is 2. The molecule has 1 spiro atoms. The molecule has 2 aromatic carbocycles. The van der Waals surface area contributed by atoms with Crippen LogP contribution in [0, 0.1) is 11.8 Å². The predicted molar refractivity (Wildman–Crippen MR) is 191 cm³/mol. The van der Waals surface area contributed by atoms with Gasteiger partial charge in [0.05, 0.1) is 18.4 Å². The zero-order valence-corrected chi connectivity index (χ0v) is 31.1. The van der Waals surface area contributed by atoms with Crippen molar-refractivity contribution in [2.75, 3.05) is 24.6 Å². The van der Waals surface area contributed by atoms with Gasteiger partial charge in [0.25, 0.3) is 5.91 Å². The van der Waals surface area contributed by atoms with Crippen molar-refractivity contribution in [1.29, 1.82) is 0 Å². The van der Waals surface area contributed by atoms with Crippen molar-refractivity contribution in [1.82, 2.24) is 9.44 Å². The number of nitrogens with one attached hydrogen (secondary N) is 2. The Hall–Kier alpha value is -2.37. The topological polar surface area (TPSA) is 97.0 Å². The van der Waals surface area contributed by atoms with Gasteiger partial charge in [0.15, 0.2) is 8.32 Å². The quantitative estimate of drug-likeness (QED) is 0.256. The molecule has 11 heteroatoms. The molecule has 2 heterocycles. The number of aryl methyl sites for hydroxylation is 1. The van der Waals surface area contributed by atoms with E-state index in [1.165, 1.54) is 11.1 Å². The number of halogens is 1. The Balaban J connectivity index is 1.42. The summed E-state index contributed by atoms with van der Waals surface area (Å²) in [5, 5.41) is 0.800. The molecule has 2 N–H and O–H groups in total. The van der Waals surface area contributed by atoms with E-state index in [1.807, 2.05) is 18.2 Å². The van der Waals surface area contributed by atoms with Gasteiger partial charge < -0.3 is 14.1 Å². The lowest BCUT2D eigenvalue weighted by Gasteiger charge is -2.48. The monoisotopic (exact) mass is 699 g/mol. The van der Waals surface area contributed by atoms with Crippen LogP contribution in [0.25, 0.3) is 0 Å². The molecule has 256 valence electrons. The van der Waals surface area contributed by atoms with Gasteiger partial charge in [-0.2, -0.15) is 13.1 Å². The van der Waals surface area contributed by atoms with E-state index in [9.17, 15) is 13.2 Å². The van der Waals surface area contributed by atoms with Crippen molar-refractivity contribution >= 4 is 41.7 Å². The van der Waals surface area contributed by atoms with Gasteiger partial charge in [-0.1, -0.05) is 50.6 Å². The average Bonchev–Trinajstić information content (AvgIpc) is 3.10. The second-order valence-electron chi connectivity index (χ2n) is 15.7. The second-order valence-corrected chi connectivity index (χ2v) is 22.4. The summed E-state index contributed by atoms with van der Waals surface area (Å²) in [7, 11) is -6.20. The molecule has 1 saturated carbocycles. The minimum atomic E-state index is -4.09. The predicted octanol–water partition coefficient (Wildman–Crippen LogP) is 7.14. The van der Waals surface area contributed by atoms with Gasteiger partial charge in [-0.15, -0.1) is 0 Å². The Morgan fingerprint density at radius 2 is 1.91 bits per heavy atom. The Kier molecular flexibility index (Phi) is 9.41. The maximum Gasteiger partial charge on any atom is 0.301 e. The number of hydrogen-bond donors (Lipinski definition) is 2. The first-order chi connectivity index (χ1) is 22.1. The van der Waals surface area contributed by atoms with Crippen molar-refractivity contribution in [2.24, 2.45) is 11.8 Å². The van der Waals surface area contributed by atoms with Gasteiger partial charge in [-0.05, 0) is 117 Å². The largest absolute Gasteiger partial charge is 0.490 e. The molecule has 0 aromatic heterocycles. The van der Waals surface area contributed by atoms with Crippen molar-refractivity contribution in [3.05, 3.63) is 70.3 Å². The maximum absolute atomic E-state index is 13.3. The third-order valence-corrected chi connectivity index (χ3v) is 17.2. The summed E-state index contributed by atoms with van der Waals surface area (Å²) in [5.74, 6) is 0.746. The van der Waals surface area contributed by atoms with E-state index in [0.29, 0.717) is 30.6 Å². The molecule has 1 amide bonds. The Labute approximate surface area is 286 Å². The van der Waals surface area contributed by atoms with Crippen LogP contribution in [0.3, 0.4) is 0 Å². The minimum Gasteiger partial charge on any atom is -0.490 e. The summed E-state index contributed by atoms with van der Waals surface area (Å²) in [6, 6.07) is 11.1. The number of carbonyl (C=O) groups is 1. The Morgan fingerprint density at radius 3 is 2.64 bits per heavy atom. The fraction of sp³-hybridized carbons (Fsp3) is 0.583. The van der Waals surface area contributed by atoms with Crippen molar-refractivity contribution in [3.63, 3.8) is 0 Å². The lowest BCUT2D eigenvalue weighted by molar-refractivity contribution is 0.0524. The summed E-state index contributed by atoms with van der Waals surface area (Å²) >= 11 is 6.45. The highest BCUT2D eigenvalue weighted by molar-refractivity contribution is 7.88. The van der Waals surface area contributed by atoms with E-state index >= 15 is 0 Å². The first-order valence-electron chi connectivity index (χ1n) is 17.1. The van der Waals surface area contributed by atoms with E-state index in [2.05, 4.69) is 66.4 Å². The lowest BCUT2D eigenvalue weighted by atomic mass is 9.68. The highest BCUT2D eigenvalue weighted by atomic mass is 35.5. The zero-order valence-electron chi connectivity index (χ0n) is 28.6. The normalized spacial score (nSPS) is 30.2. The SMILES string of the molecule is C[C@H]1C/C=C/C(O[Si](C)(C)C(C)(C)C)[C@@H]2CC[C@H]2CN2C[C@@]3(CCCc4cc(Cl)ccc43)COc3ccc(cc32)C(=O)NS(=O)(=O)N1. The number of fused-ring (bicyclic) bond motifs is 4. The number of ether oxygens (including phenoxy) is 1. The number of carbonyl (C=O) groups excluding carboxylic acids is 1. The van der Waals surface area contributed by atoms with E-state index < -0.39 is 30.5 Å². The molecular weight excluding hydrogens is 650 g/mol. The van der Waals surface area contributed by atoms with Gasteiger partial charge in [0.1, 0.15) is 5.75 Å². The van der Waals surface area contributed by atoms with E-state index in [-0.39, 0.29) is 22.1 Å². The van der Waals surface area contributed by atoms with Crippen LogP contribution in [0.1, 0.15) is 81.3 Å². The summed E-state index contributed by atoms with van der Waals surface area (Å²) < 4.78 is 44.6. The zero-order chi connectivity index (χ0) is 33.8. The summed E-state index contributed by atoms with van der Waals surface area (Å²) in [4.78, 5) is 15.8. The molecule has 2 aliphatic heterocycles. The number of hydrogen-bond acceptors (Lipinski definition) is 6. The van der Waals surface area contributed by atoms with Crippen LogP contribution in [-0.4, -0.2) is 54.5 Å². The molecule has 2 aliphatic carbocycles. The molecule has 2 bridgehead atoms. The molecule has 5 atom stereocenters. The molecule has 1 fully saturated rings. The Morgan fingerprint density at radius 1 is 1.13 bits per heavy atom. The van der Waals surface area contributed by atoms with Gasteiger partial charge in [-0.25, -0.2) is 4.72 Å². The molecule has 2 aromatic rings. The first kappa shape index (κ1) is 34.5. The summed E-state index contributed by atoms with van der Waals surface area (Å²) in [6.07, 6.45) is 9.82. The van der Waals surface area contributed by atoms with Crippen LogP contribution < -0.4 is 19.1 Å². The maximum atomic E-state index is 13.3. The smallest absolute Gasteiger partial charge is 0.301 e.